The van der Waals surface area contributed by atoms with Gasteiger partial charge in [-0.25, -0.2) is 0 Å². The molecule has 0 aromatic carbocycles. The van der Waals surface area contributed by atoms with Crippen molar-refractivity contribution < 1.29 is 0 Å². The van der Waals surface area contributed by atoms with Gasteiger partial charge in [0.1, 0.15) is 0 Å². The Morgan fingerprint density at radius 3 is 2.85 bits per heavy atom. The molecule has 1 aromatic rings. The summed E-state index contributed by atoms with van der Waals surface area (Å²) >= 11 is 1.85. The Hall–Kier alpha value is -0.340. The lowest BCUT2D eigenvalue weighted by Gasteiger charge is -2.11. The third-order valence-electron chi connectivity index (χ3n) is 2.43. The van der Waals surface area contributed by atoms with Gasteiger partial charge in [-0.3, -0.25) is 0 Å². The van der Waals surface area contributed by atoms with Crippen molar-refractivity contribution >= 4 is 11.3 Å². The van der Waals surface area contributed by atoms with Crippen LogP contribution < -0.4 is 5.32 Å². The lowest BCUT2D eigenvalue weighted by Crippen LogP contribution is -2.15. The third-order valence-corrected chi connectivity index (χ3v) is 3.30. The Morgan fingerprint density at radius 2 is 2.31 bits per heavy atom. The summed E-state index contributed by atoms with van der Waals surface area (Å²) in [6.45, 7) is 8.89. The Labute approximate surface area is 85.2 Å². The van der Waals surface area contributed by atoms with Crippen LogP contribution in [0.15, 0.2) is 11.4 Å². The molecule has 1 atom stereocenters. The minimum Gasteiger partial charge on any atom is -0.317 e. The van der Waals surface area contributed by atoms with E-state index in [0.29, 0.717) is 5.92 Å². The van der Waals surface area contributed by atoms with Crippen LogP contribution in [-0.4, -0.2) is 13.1 Å². The summed E-state index contributed by atoms with van der Waals surface area (Å²) in [7, 11) is 0. The molecule has 1 aromatic heterocycles. The van der Waals surface area contributed by atoms with Gasteiger partial charge < -0.3 is 5.32 Å². The number of aryl methyl sites for hydroxylation is 1. The monoisotopic (exact) mass is 197 g/mol. The number of nitrogens with one attached hydrogen (secondary N) is 1. The molecule has 0 spiro atoms. The Morgan fingerprint density at radius 1 is 1.54 bits per heavy atom. The first-order chi connectivity index (χ1) is 6.25. The maximum Gasteiger partial charge on any atom is 0.00489 e. The summed E-state index contributed by atoms with van der Waals surface area (Å²) in [6, 6.07) is 2.26. The minimum absolute atomic E-state index is 0.699. The van der Waals surface area contributed by atoms with Gasteiger partial charge in [-0.05, 0) is 49.4 Å². The minimum atomic E-state index is 0.699. The van der Waals surface area contributed by atoms with Gasteiger partial charge in [-0.15, -0.1) is 11.3 Å². The quantitative estimate of drug-likeness (QED) is 0.715. The van der Waals surface area contributed by atoms with Crippen molar-refractivity contribution in [1.82, 2.24) is 5.32 Å². The molecule has 1 unspecified atom stereocenters. The SMILES string of the molecule is CCNCCC(C)c1ccsc1C. The molecule has 1 N–H and O–H groups in total. The molecule has 0 aliphatic carbocycles. The molecular formula is C11H19NS. The van der Waals surface area contributed by atoms with E-state index in [4.69, 9.17) is 0 Å². The summed E-state index contributed by atoms with van der Waals surface area (Å²) < 4.78 is 0. The molecular weight excluding hydrogens is 178 g/mol. The largest absolute Gasteiger partial charge is 0.317 e. The third kappa shape index (κ3) is 3.12. The molecule has 74 valence electrons. The molecule has 1 heterocycles. The molecule has 0 fully saturated rings. The average molecular weight is 197 g/mol. The highest BCUT2D eigenvalue weighted by molar-refractivity contribution is 7.10. The van der Waals surface area contributed by atoms with Crippen molar-refractivity contribution in [3.05, 3.63) is 21.9 Å². The zero-order chi connectivity index (χ0) is 9.68. The van der Waals surface area contributed by atoms with Crippen LogP contribution in [-0.2, 0) is 0 Å². The number of hydrogen-bond donors (Lipinski definition) is 1. The molecule has 0 aliphatic heterocycles. The number of hydrogen-bond acceptors (Lipinski definition) is 2. The molecule has 0 saturated heterocycles. The van der Waals surface area contributed by atoms with E-state index in [1.54, 1.807) is 0 Å². The van der Waals surface area contributed by atoms with Gasteiger partial charge in [-0.1, -0.05) is 13.8 Å². The standard InChI is InChI=1S/C11H19NS/c1-4-12-7-5-9(2)11-6-8-13-10(11)3/h6,8-9,12H,4-5,7H2,1-3H3. The van der Waals surface area contributed by atoms with Crippen molar-refractivity contribution in [2.45, 2.75) is 33.1 Å². The molecule has 0 bridgehead atoms. The van der Waals surface area contributed by atoms with Crippen LogP contribution in [0.4, 0.5) is 0 Å². The lowest BCUT2D eigenvalue weighted by atomic mass is 9.99. The fourth-order valence-corrected chi connectivity index (χ4v) is 2.38. The van der Waals surface area contributed by atoms with Gasteiger partial charge in [-0.2, -0.15) is 0 Å². The van der Waals surface area contributed by atoms with Gasteiger partial charge in [0.2, 0.25) is 0 Å². The zero-order valence-corrected chi connectivity index (χ0v) is 9.58. The topological polar surface area (TPSA) is 12.0 Å². The highest BCUT2D eigenvalue weighted by Gasteiger charge is 2.08. The fraction of sp³-hybridized carbons (Fsp3) is 0.636. The first-order valence-electron chi connectivity index (χ1n) is 5.00. The second kappa shape index (κ2) is 5.40. The number of thiophene rings is 1. The first-order valence-corrected chi connectivity index (χ1v) is 5.88. The van der Waals surface area contributed by atoms with E-state index in [9.17, 15) is 0 Å². The summed E-state index contributed by atoms with van der Waals surface area (Å²) in [5.74, 6) is 0.699. The molecule has 13 heavy (non-hydrogen) atoms. The van der Waals surface area contributed by atoms with Gasteiger partial charge in [0, 0.05) is 4.88 Å². The zero-order valence-electron chi connectivity index (χ0n) is 8.76. The van der Waals surface area contributed by atoms with Gasteiger partial charge >= 0.3 is 0 Å². The highest BCUT2D eigenvalue weighted by Crippen LogP contribution is 2.25. The molecule has 0 aliphatic rings. The Bertz CT molecular complexity index is 242. The molecule has 0 saturated carbocycles. The van der Waals surface area contributed by atoms with Crippen LogP contribution in [0.3, 0.4) is 0 Å². The van der Waals surface area contributed by atoms with Gasteiger partial charge in [0.15, 0.2) is 0 Å². The van der Waals surface area contributed by atoms with Crippen LogP contribution in [0.2, 0.25) is 0 Å². The lowest BCUT2D eigenvalue weighted by molar-refractivity contribution is 0.608. The van der Waals surface area contributed by atoms with Crippen molar-refractivity contribution in [3.63, 3.8) is 0 Å². The van der Waals surface area contributed by atoms with Crippen LogP contribution in [0.1, 0.15) is 36.6 Å². The molecule has 1 rings (SSSR count). The van der Waals surface area contributed by atoms with Crippen LogP contribution in [0.5, 0.6) is 0 Å². The predicted molar refractivity (Wildman–Crippen MR) is 60.6 cm³/mol. The summed E-state index contributed by atoms with van der Waals surface area (Å²) in [6.07, 6.45) is 1.24. The van der Waals surface area contributed by atoms with E-state index in [0.717, 1.165) is 13.1 Å². The van der Waals surface area contributed by atoms with Crippen molar-refractivity contribution in [1.29, 1.82) is 0 Å². The Balaban J connectivity index is 2.39. The molecule has 0 radical (unpaired) electrons. The summed E-state index contributed by atoms with van der Waals surface area (Å²) in [5.41, 5.74) is 1.53. The van der Waals surface area contributed by atoms with E-state index >= 15 is 0 Å². The maximum atomic E-state index is 3.36. The second-order valence-corrected chi connectivity index (χ2v) is 4.60. The predicted octanol–water partition coefficient (Wildman–Crippen LogP) is 3.16. The van der Waals surface area contributed by atoms with Crippen LogP contribution in [0, 0.1) is 6.92 Å². The smallest absolute Gasteiger partial charge is 0.00489 e. The summed E-state index contributed by atoms with van der Waals surface area (Å²) in [4.78, 5) is 1.48. The van der Waals surface area contributed by atoms with Crippen molar-refractivity contribution in [3.8, 4) is 0 Å². The normalized spacial score (nSPS) is 13.2. The second-order valence-electron chi connectivity index (χ2n) is 3.48. The summed E-state index contributed by atoms with van der Waals surface area (Å²) in [5, 5.41) is 5.55. The molecule has 1 nitrogen and oxygen atoms in total. The maximum absolute atomic E-state index is 3.36. The van der Waals surface area contributed by atoms with E-state index in [-0.39, 0.29) is 0 Å². The van der Waals surface area contributed by atoms with E-state index in [2.05, 4.69) is 37.5 Å². The fourth-order valence-electron chi connectivity index (χ4n) is 1.56. The molecule has 2 heteroatoms. The first kappa shape index (κ1) is 10.7. The van der Waals surface area contributed by atoms with E-state index < -0.39 is 0 Å². The highest BCUT2D eigenvalue weighted by atomic mass is 32.1. The van der Waals surface area contributed by atoms with E-state index in [1.807, 2.05) is 11.3 Å². The van der Waals surface area contributed by atoms with Crippen molar-refractivity contribution in [2.75, 3.05) is 13.1 Å². The molecule has 0 amide bonds. The number of rotatable bonds is 5. The van der Waals surface area contributed by atoms with Crippen LogP contribution >= 0.6 is 11.3 Å². The Kier molecular flexibility index (Phi) is 4.46. The van der Waals surface area contributed by atoms with Gasteiger partial charge in [0.05, 0.1) is 0 Å². The van der Waals surface area contributed by atoms with Crippen LogP contribution in [0.25, 0.3) is 0 Å². The average Bonchev–Trinajstić information content (AvgIpc) is 2.52. The van der Waals surface area contributed by atoms with Gasteiger partial charge in [0.25, 0.3) is 0 Å². The van der Waals surface area contributed by atoms with Crippen molar-refractivity contribution in [2.24, 2.45) is 0 Å². The van der Waals surface area contributed by atoms with E-state index in [1.165, 1.54) is 16.9 Å².